The first-order valence-electron chi connectivity index (χ1n) is 9.88. The minimum atomic E-state index is -3.75. The number of methoxy groups -OCH3 is 1. The highest BCUT2D eigenvalue weighted by molar-refractivity contribution is 7.92. The van der Waals surface area contributed by atoms with E-state index in [4.69, 9.17) is 4.74 Å². The van der Waals surface area contributed by atoms with Crippen LogP contribution in [0.3, 0.4) is 0 Å². The lowest BCUT2D eigenvalue weighted by atomic mass is 10.1. The van der Waals surface area contributed by atoms with Gasteiger partial charge in [0.1, 0.15) is 18.3 Å². The van der Waals surface area contributed by atoms with Gasteiger partial charge in [-0.2, -0.15) is 0 Å². The summed E-state index contributed by atoms with van der Waals surface area (Å²) in [5, 5.41) is 2.59. The number of hydrogen-bond donors (Lipinski definition) is 1. The normalized spacial score (nSPS) is 12.0. The number of carbonyl (C=O) groups is 2. The molecule has 1 N–H and O–H groups in total. The lowest BCUT2D eigenvalue weighted by Crippen LogP contribution is -2.51. The van der Waals surface area contributed by atoms with Crippen LogP contribution >= 0.6 is 0 Å². The molecule has 0 aliphatic rings. The highest BCUT2D eigenvalue weighted by atomic mass is 32.2. The summed E-state index contributed by atoms with van der Waals surface area (Å²) in [6.07, 6.45) is 1.43. The first kappa shape index (κ1) is 24.2. The van der Waals surface area contributed by atoms with Gasteiger partial charge in [-0.25, -0.2) is 8.42 Å². The second kappa shape index (κ2) is 10.8. The Bertz CT molecular complexity index is 978. The van der Waals surface area contributed by atoms with Crippen LogP contribution in [0.4, 0.5) is 5.69 Å². The Labute approximate surface area is 183 Å². The molecule has 0 bridgehead atoms. The van der Waals surface area contributed by atoms with Gasteiger partial charge in [-0.1, -0.05) is 37.3 Å². The molecule has 2 aromatic rings. The number of anilines is 1. The van der Waals surface area contributed by atoms with Crippen molar-refractivity contribution in [2.24, 2.45) is 0 Å². The molecule has 2 aromatic carbocycles. The number of carbonyl (C=O) groups excluding carboxylic acids is 2. The molecule has 0 saturated carbocycles. The summed E-state index contributed by atoms with van der Waals surface area (Å²) in [6.45, 7) is 1.57. The highest BCUT2D eigenvalue weighted by Crippen LogP contribution is 2.22. The maximum atomic E-state index is 13.3. The van der Waals surface area contributed by atoms with Gasteiger partial charge in [-0.3, -0.25) is 13.9 Å². The fourth-order valence-corrected chi connectivity index (χ4v) is 4.08. The number of amides is 2. The Kier molecular flexibility index (Phi) is 8.44. The van der Waals surface area contributed by atoms with Crippen LogP contribution in [0, 0.1) is 0 Å². The molecule has 0 spiro atoms. The Morgan fingerprint density at radius 3 is 2.16 bits per heavy atom. The average Bonchev–Trinajstić information content (AvgIpc) is 2.77. The SMILES string of the molecule is CC[C@@H](C(=O)NC)N(Cc1ccccc1)C(=O)CN(c1ccc(OC)cc1)S(C)(=O)=O. The number of rotatable bonds is 10. The molecular weight excluding hydrogens is 418 g/mol. The molecule has 0 radical (unpaired) electrons. The van der Waals surface area contributed by atoms with Gasteiger partial charge >= 0.3 is 0 Å². The van der Waals surface area contributed by atoms with E-state index in [1.165, 1.54) is 19.1 Å². The molecule has 0 saturated heterocycles. The zero-order valence-corrected chi connectivity index (χ0v) is 19.1. The largest absolute Gasteiger partial charge is 0.497 e. The van der Waals surface area contributed by atoms with Crippen molar-refractivity contribution in [2.75, 3.05) is 31.3 Å². The summed E-state index contributed by atoms with van der Waals surface area (Å²) >= 11 is 0. The number of likely N-dealkylation sites (N-methyl/N-ethyl adjacent to an activating group) is 1. The average molecular weight is 448 g/mol. The summed E-state index contributed by atoms with van der Waals surface area (Å²) in [5.74, 6) is -0.206. The summed E-state index contributed by atoms with van der Waals surface area (Å²) < 4.78 is 31.1. The maximum absolute atomic E-state index is 13.3. The highest BCUT2D eigenvalue weighted by Gasteiger charge is 2.31. The standard InChI is InChI=1S/C22H29N3O5S/c1-5-20(22(27)23-2)24(15-17-9-7-6-8-10-17)21(26)16-25(31(4,28)29)18-11-13-19(30-3)14-12-18/h6-14,20H,5,15-16H2,1-4H3,(H,23,27)/t20-/m0/s1. The second-order valence-electron chi connectivity index (χ2n) is 7.01. The van der Waals surface area contributed by atoms with Gasteiger partial charge in [0.2, 0.25) is 21.8 Å². The molecule has 0 heterocycles. The number of benzene rings is 2. The third kappa shape index (κ3) is 6.45. The third-order valence-corrected chi connectivity index (χ3v) is 6.01. The van der Waals surface area contributed by atoms with Gasteiger partial charge in [-0.15, -0.1) is 0 Å². The smallest absolute Gasteiger partial charge is 0.244 e. The number of sulfonamides is 1. The van der Waals surface area contributed by atoms with Gasteiger partial charge in [-0.05, 0) is 36.2 Å². The van der Waals surface area contributed by atoms with E-state index in [9.17, 15) is 18.0 Å². The lowest BCUT2D eigenvalue weighted by molar-refractivity contribution is -0.140. The van der Waals surface area contributed by atoms with E-state index in [0.29, 0.717) is 17.9 Å². The van der Waals surface area contributed by atoms with Crippen molar-refractivity contribution in [3.8, 4) is 5.75 Å². The van der Waals surface area contributed by atoms with Crippen molar-refractivity contribution in [1.29, 1.82) is 0 Å². The maximum Gasteiger partial charge on any atom is 0.244 e. The van der Waals surface area contributed by atoms with Gasteiger partial charge in [0.15, 0.2) is 0 Å². The molecule has 2 rings (SSSR count). The monoisotopic (exact) mass is 447 g/mol. The molecule has 8 nitrogen and oxygen atoms in total. The van der Waals surface area contributed by atoms with Crippen molar-refractivity contribution in [3.63, 3.8) is 0 Å². The van der Waals surface area contributed by atoms with Crippen LogP contribution in [-0.4, -0.2) is 58.1 Å². The van der Waals surface area contributed by atoms with Crippen LogP contribution in [0.5, 0.6) is 5.75 Å². The van der Waals surface area contributed by atoms with E-state index >= 15 is 0 Å². The van der Waals surface area contributed by atoms with Crippen molar-refractivity contribution < 1.29 is 22.7 Å². The Morgan fingerprint density at radius 2 is 1.68 bits per heavy atom. The molecule has 168 valence electrons. The quantitative estimate of drug-likeness (QED) is 0.601. The van der Waals surface area contributed by atoms with E-state index in [-0.39, 0.29) is 12.5 Å². The summed E-state index contributed by atoms with van der Waals surface area (Å²) in [6, 6.07) is 14.9. The number of nitrogens with one attached hydrogen (secondary N) is 1. The van der Waals surface area contributed by atoms with Crippen LogP contribution in [0.2, 0.25) is 0 Å². The first-order valence-corrected chi connectivity index (χ1v) is 11.7. The summed E-state index contributed by atoms with van der Waals surface area (Å²) in [5.41, 5.74) is 1.18. The van der Waals surface area contributed by atoms with Crippen LogP contribution in [0.15, 0.2) is 54.6 Å². The second-order valence-corrected chi connectivity index (χ2v) is 8.92. The fourth-order valence-electron chi connectivity index (χ4n) is 3.23. The van der Waals surface area contributed by atoms with Crippen molar-refractivity contribution in [2.45, 2.75) is 25.9 Å². The fraction of sp³-hybridized carbons (Fsp3) is 0.364. The molecule has 31 heavy (non-hydrogen) atoms. The minimum Gasteiger partial charge on any atom is -0.497 e. The predicted molar refractivity (Wildman–Crippen MR) is 120 cm³/mol. The third-order valence-electron chi connectivity index (χ3n) is 4.87. The molecule has 2 amide bonds. The van der Waals surface area contributed by atoms with E-state index in [1.54, 1.807) is 24.3 Å². The number of nitrogens with zero attached hydrogens (tertiary/aromatic N) is 2. The van der Waals surface area contributed by atoms with Gasteiger partial charge < -0.3 is 15.0 Å². The van der Waals surface area contributed by atoms with Crippen LogP contribution in [-0.2, 0) is 26.2 Å². The van der Waals surface area contributed by atoms with Gasteiger partial charge in [0.25, 0.3) is 0 Å². The molecule has 0 aliphatic heterocycles. The van der Waals surface area contributed by atoms with Gasteiger partial charge in [0, 0.05) is 13.6 Å². The zero-order valence-electron chi connectivity index (χ0n) is 18.2. The first-order chi connectivity index (χ1) is 14.7. The van der Waals surface area contributed by atoms with Crippen molar-refractivity contribution in [3.05, 3.63) is 60.2 Å². The molecule has 1 atom stereocenters. The predicted octanol–water partition coefficient (Wildman–Crippen LogP) is 2.01. The summed E-state index contributed by atoms with van der Waals surface area (Å²) in [7, 11) is -0.731. The molecule has 0 fully saturated rings. The van der Waals surface area contributed by atoms with Crippen LogP contribution < -0.4 is 14.4 Å². The lowest BCUT2D eigenvalue weighted by Gasteiger charge is -2.32. The van der Waals surface area contributed by atoms with E-state index in [0.717, 1.165) is 16.1 Å². The zero-order chi connectivity index (χ0) is 23.0. The van der Waals surface area contributed by atoms with Crippen molar-refractivity contribution in [1.82, 2.24) is 10.2 Å². The van der Waals surface area contributed by atoms with Crippen LogP contribution in [0.25, 0.3) is 0 Å². The Balaban J connectivity index is 2.38. The Hall–Kier alpha value is -3.07. The minimum absolute atomic E-state index is 0.186. The molecule has 0 aliphatic carbocycles. The number of ether oxygens (including phenoxy) is 1. The Morgan fingerprint density at radius 1 is 1.06 bits per heavy atom. The van der Waals surface area contributed by atoms with E-state index in [1.807, 2.05) is 37.3 Å². The molecule has 9 heteroatoms. The van der Waals surface area contributed by atoms with E-state index in [2.05, 4.69) is 5.32 Å². The molecular formula is C22H29N3O5S. The summed E-state index contributed by atoms with van der Waals surface area (Å²) in [4.78, 5) is 27.2. The van der Waals surface area contributed by atoms with E-state index < -0.39 is 28.5 Å². The van der Waals surface area contributed by atoms with Crippen LogP contribution in [0.1, 0.15) is 18.9 Å². The van der Waals surface area contributed by atoms with Gasteiger partial charge in [0.05, 0.1) is 19.1 Å². The molecule has 0 aromatic heterocycles. The molecule has 0 unspecified atom stereocenters. The number of hydrogen-bond acceptors (Lipinski definition) is 5. The van der Waals surface area contributed by atoms with Crippen molar-refractivity contribution >= 4 is 27.5 Å². The topological polar surface area (TPSA) is 96.0 Å².